The lowest BCUT2D eigenvalue weighted by atomic mass is 10.2. The molecular formula is C14H9ClN2O2. The lowest BCUT2D eigenvalue weighted by molar-refractivity contribution is 0.552. The lowest BCUT2D eigenvalue weighted by Crippen LogP contribution is -1.78. The molecule has 0 bridgehead atoms. The summed E-state index contributed by atoms with van der Waals surface area (Å²) in [7, 11) is 0. The molecule has 1 aromatic carbocycles. The van der Waals surface area contributed by atoms with Gasteiger partial charge in [0.25, 0.3) is 0 Å². The van der Waals surface area contributed by atoms with Crippen molar-refractivity contribution in [3.05, 3.63) is 59.3 Å². The first-order chi connectivity index (χ1) is 9.33. The molecule has 94 valence electrons. The van der Waals surface area contributed by atoms with E-state index in [2.05, 4.69) is 10.2 Å². The van der Waals surface area contributed by atoms with Gasteiger partial charge in [0.15, 0.2) is 0 Å². The van der Waals surface area contributed by atoms with Crippen LogP contribution < -0.4 is 0 Å². The molecule has 0 aliphatic carbocycles. The Labute approximate surface area is 114 Å². The Morgan fingerprint density at radius 3 is 2.68 bits per heavy atom. The van der Waals surface area contributed by atoms with E-state index in [9.17, 15) is 0 Å². The Bertz CT molecular complexity index is 702. The molecule has 4 nitrogen and oxygen atoms in total. The SMILES string of the molecule is Clc1ccccc1-c1nnc(/C=C/c2ccco2)o1. The van der Waals surface area contributed by atoms with Gasteiger partial charge in [-0.2, -0.15) is 0 Å². The van der Waals surface area contributed by atoms with Gasteiger partial charge in [0.1, 0.15) is 5.76 Å². The molecule has 0 saturated heterocycles. The van der Waals surface area contributed by atoms with Crippen molar-refractivity contribution < 1.29 is 8.83 Å². The molecule has 2 aromatic heterocycles. The van der Waals surface area contributed by atoms with Crippen LogP contribution in [0.1, 0.15) is 11.7 Å². The van der Waals surface area contributed by atoms with Crippen molar-refractivity contribution in [1.29, 1.82) is 0 Å². The molecule has 3 rings (SSSR count). The average molecular weight is 273 g/mol. The van der Waals surface area contributed by atoms with Gasteiger partial charge in [0.2, 0.25) is 11.8 Å². The van der Waals surface area contributed by atoms with Gasteiger partial charge < -0.3 is 8.83 Å². The number of benzene rings is 1. The van der Waals surface area contributed by atoms with Gasteiger partial charge in [-0.05, 0) is 30.3 Å². The number of hydrogen-bond donors (Lipinski definition) is 0. The smallest absolute Gasteiger partial charge is 0.249 e. The zero-order valence-corrected chi connectivity index (χ0v) is 10.5. The van der Waals surface area contributed by atoms with E-state index < -0.39 is 0 Å². The molecule has 0 N–H and O–H groups in total. The Balaban J connectivity index is 1.86. The zero-order chi connectivity index (χ0) is 13.1. The van der Waals surface area contributed by atoms with Crippen molar-refractivity contribution >= 4 is 23.8 Å². The lowest BCUT2D eigenvalue weighted by Gasteiger charge is -1.96. The normalized spacial score (nSPS) is 11.2. The molecule has 2 heterocycles. The highest BCUT2D eigenvalue weighted by Gasteiger charge is 2.09. The largest absolute Gasteiger partial charge is 0.465 e. The molecule has 0 aliphatic rings. The fourth-order valence-electron chi connectivity index (χ4n) is 1.58. The standard InChI is InChI=1S/C14H9ClN2O2/c15-12-6-2-1-5-11(12)14-17-16-13(19-14)8-7-10-4-3-9-18-10/h1-9H/b8-7+. The van der Waals surface area contributed by atoms with E-state index in [1.54, 1.807) is 24.5 Å². The Hall–Kier alpha value is -2.33. The maximum Gasteiger partial charge on any atom is 0.249 e. The topological polar surface area (TPSA) is 52.1 Å². The number of rotatable bonds is 3. The maximum absolute atomic E-state index is 6.07. The van der Waals surface area contributed by atoms with Crippen molar-refractivity contribution in [2.45, 2.75) is 0 Å². The highest BCUT2D eigenvalue weighted by atomic mass is 35.5. The summed E-state index contributed by atoms with van der Waals surface area (Å²) in [6, 6.07) is 11.0. The van der Waals surface area contributed by atoms with Crippen LogP contribution >= 0.6 is 11.6 Å². The summed E-state index contributed by atoms with van der Waals surface area (Å²) < 4.78 is 10.7. The molecule has 3 aromatic rings. The molecule has 0 spiro atoms. The van der Waals surface area contributed by atoms with Crippen LogP contribution in [0.25, 0.3) is 23.6 Å². The van der Waals surface area contributed by atoms with Crippen LogP contribution in [0.5, 0.6) is 0 Å². The molecule has 0 radical (unpaired) electrons. The third-order valence-electron chi connectivity index (χ3n) is 2.48. The highest BCUT2D eigenvalue weighted by molar-refractivity contribution is 6.33. The second kappa shape index (κ2) is 5.12. The summed E-state index contributed by atoms with van der Waals surface area (Å²) in [5, 5.41) is 8.47. The molecule has 5 heteroatoms. The third-order valence-corrected chi connectivity index (χ3v) is 2.81. The van der Waals surface area contributed by atoms with Crippen LogP contribution in [0.15, 0.2) is 51.5 Å². The number of halogens is 1. The minimum atomic E-state index is 0.393. The van der Waals surface area contributed by atoms with Gasteiger partial charge in [-0.25, -0.2) is 0 Å². The summed E-state index contributed by atoms with van der Waals surface area (Å²) in [6.45, 7) is 0. The van der Waals surface area contributed by atoms with E-state index >= 15 is 0 Å². The van der Waals surface area contributed by atoms with Crippen molar-refractivity contribution in [1.82, 2.24) is 10.2 Å². The predicted octanol–water partition coefficient (Wildman–Crippen LogP) is 4.15. The fourth-order valence-corrected chi connectivity index (χ4v) is 1.80. The average Bonchev–Trinajstić information content (AvgIpc) is 3.08. The summed E-state index contributed by atoms with van der Waals surface area (Å²) in [4.78, 5) is 0. The van der Waals surface area contributed by atoms with Gasteiger partial charge >= 0.3 is 0 Å². The summed E-state index contributed by atoms with van der Waals surface area (Å²) >= 11 is 6.07. The molecule has 0 fully saturated rings. The molecule has 19 heavy (non-hydrogen) atoms. The van der Waals surface area contributed by atoms with E-state index in [1.807, 2.05) is 30.3 Å². The number of aromatic nitrogens is 2. The molecule has 0 amide bonds. The van der Waals surface area contributed by atoms with Crippen LogP contribution in [0, 0.1) is 0 Å². The van der Waals surface area contributed by atoms with Gasteiger partial charge in [-0.1, -0.05) is 23.7 Å². The quantitative estimate of drug-likeness (QED) is 0.718. The Kier molecular flexibility index (Phi) is 3.16. The zero-order valence-electron chi connectivity index (χ0n) is 9.79. The maximum atomic E-state index is 6.07. The fraction of sp³-hybridized carbons (Fsp3) is 0. The predicted molar refractivity (Wildman–Crippen MR) is 72.4 cm³/mol. The van der Waals surface area contributed by atoms with Crippen LogP contribution in [-0.2, 0) is 0 Å². The third kappa shape index (κ3) is 2.58. The molecule has 0 atom stereocenters. The molecule has 0 aliphatic heterocycles. The van der Waals surface area contributed by atoms with Gasteiger partial charge in [0.05, 0.1) is 16.8 Å². The number of nitrogens with zero attached hydrogens (tertiary/aromatic N) is 2. The van der Waals surface area contributed by atoms with Crippen molar-refractivity contribution in [2.24, 2.45) is 0 Å². The van der Waals surface area contributed by atoms with E-state index in [4.69, 9.17) is 20.4 Å². The van der Waals surface area contributed by atoms with Crippen LogP contribution in [0.2, 0.25) is 5.02 Å². The van der Waals surface area contributed by atoms with Gasteiger partial charge in [0, 0.05) is 6.08 Å². The van der Waals surface area contributed by atoms with Crippen LogP contribution in [-0.4, -0.2) is 10.2 Å². The summed E-state index contributed by atoms with van der Waals surface area (Å²) in [5.74, 6) is 1.51. The molecular weight excluding hydrogens is 264 g/mol. The first kappa shape index (κ1) is 11.7. The monoisotopic (exact) mass is 272 g/mol. The van der Waals surface area contributed by atoms with Crippen molar-refractivity contribution in [2.75, 3.05) is 0 Å². The second-order valence-corrected chi connectivity index (χ2v) is 4.18. The molecule has 0 unspecified atom stereocenters. The van der Waals surface area contributed by atoms with Crippen LogP contribution in [0.3, 0.4) is 0 Å². The number of furan rings is 1. The number of hydrogen-bond acceptors (Lipinski definition) is 4. The first-order valence-electron chi connectivity index (χ1n) is 5.63. The second-order valence-electron chi connectivity index (χ2n) is 3.77. The minimum absolute atomic E-state index is 0.393. The Morgan fingerprint density at radius 1 is 1.00 bits per heavy atom. The van der Waals surface area contributed by atoms with Gasteiger partial charge in [-0.3, -0.25) is 0 Å². The van der Waals surface area contributed by atoms with Crippen molar-refractivity contribution in [3.8, 4) is 11.5 Å². The van der Waals surface area contributed by atoms with E-state index in [1.165, 1.54) is 0 Å². The minimum Gasteiger partial charge on any atom is -0.465 e. The summed E-state index contributed by atoms with van der Waals surface area (Å²) in [5.41, 5.74) is 0.717. The highest BCUT2D eigenvalue weighted by Crippen LogP contribution is 2.26. The van der Waals surface area contributed by atoms with Crippen LogP contribution in [0.4, 0.5) is 0 Å². The van der Waals surface area contributed by atoms with Gasteiger partial charge in [-0.15, -0.1) is 10.2 Å². The van der Waals surface area contributed by atoms with E-state index in [-0.39, 0.29) is 0 Å². The summed E-state index contributed by atoms with van der Waals surface area (Å²) in [6.07, 6.45) is 5.04. The molecule has 0 saturated carbocycles. The first-order valence-corrected chi connectivity index (χ1v) is 6.01. The van der Waals surface area contributed by atoms with Crippen molar-refractivity contribution in [3.63, 3.8) is 0 Å². The Morgan fingerprint density at radius 2 is 1.89 bits per heavy atom. The van der Waals surface area contributed by atoms with E-state index in [0.717, 1.165) is 5.76 Å². The van der Waals surface area contributed by atoms with E-state index in [0.29, 0.717) is 22.4 Å².